The first kappa shape index (κ1) is 14.4. The van der Waals surface area contributed by atoms with E-state index in [1.54, 1.807) is 0 Å². The molecule has 0 spiro atoms. The van der Waals surface area contributed by atoms with E-state index in [0.717, 1.165) is 37.1 Å². The quantitative estimate of drug-likeness (QED) is 0.825. The summed E-state index contributed by atoms with van der Waals surface area (Å²) in [4.78, 5) is 0. The molecule has 3 heteroatoms. The van der Waals surface area contributed by atoms with Gasteiger partial charge in [0.15, 0.2) is 0 Å². The fraction of sp³-hybridized carbons (Fsp3) is 0.647. The second kappa shape index (κ2) is 6.93. The minimum Gasteiger partial charge on any atom is -0.378 e. The molecule has 0 bridgehead atoms. The maximum absolute atomic E-state index is 6.31. The lowest BCUT2D eigenvalue weighted by molar-refractivity contribution is 0.0892. The Morgan fingerprint density at radius 1 is 1.25 bits per heavy atom. The maximum Gasteiger partial charge on any atom is 0.0579 e. The minimum absolute atomic E-state index is 0.462. The second-order valence-corrected chi connectivity index (χ2v) is 6.62. The molecule has 1 saturated carbocycles. The molecule has 1 N–H and O–H groups in total. The molecule has 2 aliphatic rings. The topological polar surface area (TPSA) is 21.3 Å². The molecule has 2 unspecified atom stereocenters. The van der Waals surface area contributed by atoms with Gasteiger partial charge in [0.1, 0.15) is 0 Å². The van der Waals surface area contributed by atoms with Crippen molar-refractivity contribution in [2.75, 3.05) is 13.2 Å². The van der Waals surface area contributed by atoms with Crippen LogP contribution in [-0.4, -0.2) is 25.3 Å². The normalized spacial score (nSPS) is 23.9. The van der Waals surface area contributed by atoms with Crippen molar-refractivity contribution in [3.8, 4) is 0 Å². The third kappa shape index (κ3) is 4.21. The number of hydrogen-bond acceptors (Lipinski definition) is 2. The molecule has 20 heavy (non-hydrogen) atoms. The zero-order valence-corrected chi connectivity index (χ0v) is 12.7. The summed E-state index contributed by atoms with van der Waals surface area (Å²) in [6, 6.07) is 9.01. The van der Waals surface area contributed by atoms with Crippen molar-refractivity contribution in [1.29, 1.82) is 0 Å². The maximum atomic E-state index is 6.31. The van der Waals surface area contributed by atoms with Gasteiger partial charge in [0.2, 0.25) is 0 Å². The molecule has 2 nitrogen and oxygen atoms in total. The number of halogens is 1. The largest absolute Gasteiger partial charge is 0.378 e. The van der Waals surface area contributed by atoms with E-state index in [1.165, 1.54) is 31.2 Å². The predicted molar refractivity (Wildman–Crippen MR) is 83.3 cm³/mol. The van der Waals surface area contributed by atoms with Crippen molar-refractivity contribution in [3.63, 3.8) is 0 Å². The Hall–Kier alpha value is -0.570. The van der Waals surface area contributed by atoms with Gasteiger partial charge in [0.25, 0.3) is 0 Å². The van der Waals surface area contributed by atoms with Gasteiger partial charge in [0.05, 0.1) is 6.10 Å². The number of hydrogen-bond donors (Lipinski definition) is 1. The Balaban J connectivity index is 1.58. The predicted octanol–water partition coefficient (Wildman–Crippen LogP) is 3.82. The lowest BCUT2D eigenvalue weighted by atomic mass is 9.92. The Labute approximate surface area is 126 Å². The summed E-state index contributed by atoms with van der Waals surface area (Å²) in [7, 11) is 0. The highest BCUT2D eigenvalue weighted by Gasteiger charge is 2.25. The number of ether oxygens (including phenoxy) is 1. The molecule has 1 aromatic carbocycles. The van der Waals surface area contributed by atoms with E-state index in [2.05, 4.69) is 17.4 Å². The molecular weight excluding hydrogens is 270 g/mol. The van der Waals surface area contributed by atoms with Crippen LogP contribution < -0.4 is 5.32 Å². The van der Waals surface area contributed by atoms with Gasteiger partial charge < -0.3 is 10.1 Å². The van der Waals surface area contributed by atoms with Crippen LogP contribution >= 0.6 is 11.6 Å². The molecule has 1 saturated heterocycles. The average molecular weight is 294 g/mol. The Bertz CT molecular complexity index is 427. The van der Waals surface area contributed by atoms with Crippen LogP contribution in [0.5, 0.6) is 0 Å². The lowest BCUT2D eigenvalue weighted by Crippen LogP contribution is -2.28. The monoisotopic (exact) mass is 293 g/mol. The summed E-state index contributed by atoms with van der Waals surface area (Å²) in [6.45, 7) is 2.04. The lowest BCUT2D eigenvalue weighted by Gasteiger charge is -2.21. The first-order chi connectivity index (χ1) is 9.81. The van der Waals surface area contributed by atoms with Crippen LogP contribution in [0.4, 0.5) is 0 Å². The molecule has 1 aromatic rings. The van der Waals surface area contributed by atoms with E-state index in [4.69, 9.17) is 16.3 Å². The van der Waals surface area contributed by atoms with E-state index >= 15 is 0 Å². The van der Waals surface area contributed by atoms with Crippen molar-refractivity contribution in [3.05, 3.63) is 34.9 Å². The highest BCUT2D eigenvalue weighted by Crippen LogP contribution is 2.26. The SMILES string of the molecule is Clc1ccccc1CC(CNC1CC1)CC1CCCO1. The highest BCUT2D eigenvalue weighted by molar-refractivity contribution is 6.31. The van der Waals surface area contributed by atoms with Crippen LogP contribution in [0.3, 0.4) is 0 Å². The molecule has 1 heterocycles. The van der Waals surface area contributed by atoms with Crippen molar-refractivity contribution in [2.45, 2.75) is 50.7 Å². The molecule has 0 amide bonds. The first-order valence-corrected chi connectivity index (χ1v) is 8.27. The molecule has 110 valence electrons. The molecule has 2 fully saturated rings. The van der Waals surface area contributed by atoms with Crippen LogP contribution in [0.2, 0.25) is 5.02 Å². The molecule has 0 aromatic heterocycles. The van der Waals surface area contributed by atoms with Gasteiger partial charge in [-0.05, 0) is 62.6 Å². The van der Waals surface area contributed by atoms with E-state index < -0.39 is 0 Å². The Kier molecular flexibility index (Phi) is 4.98. The van der Waals surface area contributed by atoms with Gasteiger partial charge in [-0.1, -0.05) is 29.8 Å². The third-order valence-corrected chi connectivity index (χ3v) is 4.73. The second-order valence-electron chi connectivity index (χ2n) is 6.21. The van der Waals surface area contributed by atoms with E-state index in [1.807, 2.05) is 12.1 Å². The number of rotatable bonds is 7. The molecule has 2 atom stereocenters. The summed E-state index contributed by atoms with van der Waals surface area (Å²) in [5.41, 5.74) is 1.27. The molecule has 1 aliphatic carbocycles. The third-order valence-electron chi connectivity index (χ3n) is 4.36. The molecule has 0 radical (unpaired) electrons. The summed E-state index contributed by atoms with van der Waals surface area (Å²) in [5.74, 6) is 0.624. The van der Waals surface area contributed by atoms with Crippen molar-refractivity contribution in [1.82, 2.24) is 5.32 Å². The average Bonchev–Trinajstić information content (AvgIpc) is 3.15. The van der Waals surface area contributed by atoms with Crippen LogP contribution in [0.25, 0.3) is 0 Å². The highest BCUT2D eigenvalue weighted by atomic mass is 35.5. The molecule has 1 aliphatic heterocycles. The fourth-order valence-electron chi connectivity index (χ4n) is 3.04. The van der Waals surface area contributed by atoms with Crippen LogP contribution in [-0.2, 0) is 11.2 Å². The van der Waals surface area contributed by atoms with Crippen LogP contribution in [0.15, 0.2) is 24.3 Å². The number of nitrogens with one attached hydrogen (secondary N) is 1. The van der Waals surface area contributed by atoms with E-state index in [-0.39, 0.29) is 0 Å². The van der Waals surface area contributed by atoms with Crippen LogP contribution in [0, 0.1) is 5.92 Å². The standard InChI is InChI=1S/C17H24ClNO/c18-17-6-2-1-4-14(17)10-13(12-19-15-7-8-15)11-16-5-3-9-20-16/h1-2,4,6,13,15-16,19H,3,5,7-12H2. The van der Waals surface area contributed by atoms with E-state index in [0.29, 0.717) is 12.0 Å². The van der Waals surface area contributed by atoms with E-state index in [9.17, 15) is 0 Å². The van der Waals surface area contributed by atoms with Gasteiger partial charge in [-0.2, -0.15) is 0 Å². The zero-order valence-electron chi connectivity index (χ0n) is 12.0. The Morgan fingerprint density at radius 3 is 2.80 bits per heavy atom. The Morgan fingerprint density at radius 2 is 2.10 bits per heavy atom. The van der Waals surface area contributed by atoms with Gasteiger partial charge in [-0.3, -0.25) is 0 Å². The summed E-state index contributed by atoms with van der Waals surface area (Å²) in [6.07, 6.45) is 7.81. The molecule has 3 rings (SSSR count). The summed E-state index contributed by atoms with van der Waals surface area (Å²) in [5, 5.41) is 4.57. The van der Waals surface area contributed by atoms with Gasteiger partial charge in [0, 0.05) is 17.7 Å². The zero-order chi connectivity index (χ0) is 13.8. The number of benzene rings is 1. The van der Waals surface area contributed by atoms with Gasteiger partial charge in [-0.15, -0.1) is 0 Å². The first-order valence-electron chi connectivity index (χ1n) is 7.89. The van der Waals surface area contributed by atoms with Crippen molar-refractivity contribution in [2.24, 2.45) is 5.92 Å². The van der Waals surface area contributed by atoms with Crippen molar-refractivity contribution < 1.29 is 4.74 Å². The smallest absolute Gasteiger partial charge is 0.0579 e. The summed E-state index contributed by atoms with van der Waals surface area (Å²) >= 11 is 6.31. The summed E-state index contributed by atoms with van der Waals surface area (Å²) < 4.78 is 5.81. The van der Waals surface area contributed by atoms with Gasteiger partial charge >= 0.3 is 0 Å². The minimum atomic E-state index is 0.462. The van der Waals surface area contributed by atoms with Crippen LogP contribution in [0.1, 0.15) is 37.7 Å². The van der Waals surface area contributed by atoms with Crippen molar-refractivity contribution >= 4 is 11.6 Å². The fourth-order valence-corrected chi connectivity index (χ4v) is 3.25. The van der Waals surface area contributed by atoms with Gasteiger partial charge in [-0.25, -0.2) is 0 Å². The molecular formula is C17H24ClNO.